The number of esters is 1. The Hall–Kier alpha value is -2.02. The SMILES string of the molecule is CCOC(=O)c1nnc(SCc2ccc(OCC)cc2)o1. The van der Waals surface area contributed by atoms with E-state index in [2.05, 4.69) is 10.2 Å². The third-order valence-electron chi connectivity index (χ3n) is 2.45. The third-order valence-corrected chi connectivity index (χ3v) is 3.34. The Morgan fingerprint density at radius 2 is 1.95 bits per heavy atom. The molecule has 2 rings (SSSR count). The summed E-state index contributed by atoms with van der Waals surface area (Å²) in [6.45, 7) is 4.58. The van der Waals surface area contributed by atoms with Gasteiger partial charge in [-0.25, -0.2) is 4.79 Å². The number of carbonyl (C=O) groups is 1. The van der Waals surface area contributed by atoms with Gasteiger partial charge >= 0.3 is 11.9 Å². The second kappa shape index (κ2) is 7.68. The van der Waals surface area contributed by atoms with Crippen LogP contribution in [-0.4, -0.2) is 29.4 Å². The predicted molar refractivity (Wildman–Crippen MR) is 77.4 cm³/mol. The maximum Gasteiger partial charge on any atom is 0.396 e. The smallest absolute Gasteiger partial charge is 0.396 e. The molecule has 0 amide bonds. The summed E-state index contributed by atoms with van der Waals surface area (Å²) in [6.07, 6.45) is 0. The van der Waals surface area contributed by atoms with E-state index in [0.717, 1.165) is 11.3 Å². The van der Waals surface area contributed by atoms with Gasteiger partial charge in [-0.3, -0.25) is 0 Å². The van der Waals surface area contributed by atoms with E-state index in [-0.39, 0.29) is 12.5 Å². The summed E-state index contributed by atoms with van der Waals surface area (Å²) in [4.78, 5) is 11.4. The molecule has 2 aromatic rings. The molecule has 21 heavy (non-hydrogen) atoms. The van der Waals surface area contributed by atoms with Crippen LogP contribution in [0, 0.1) is 0 Å². The van der Waals surface area contributed by atoms with Crippen molar-refractivity contribution >= 4 is 17.7 Å². The molecular formula is C14H16N2O4S. The van der Waals surface area contributed by atoms with Gasteiger partial charge in [-0.15, -0.1) is 5.10 Å². The molecule has 0 saturated carbocycles. The maximum absolute atomic E-state index is 11.4. The fraction of sp³-hybridized carbons (Fsp3) is 0.357. The highest BCUT2D eigenvalue weighted by atomic mass is 32.2. The van der Waals surface area contributed by atoms with Gasteiger partial charge in [-0.2, -0.15) is 0 Å². The molecule has 0 unspecified atom stereocenters. The molecule has 1 aromatic heterocycles. The zero-order valence-electron chi connectivity index (χ0n) is 11.9. The zero-order chi connectivity index (χ0) is 15.1. The van der Waals surface area contributed by atoms with Crippen LogP contribution < -0.4 is 4.74 Å². The number of aromatic nitrogens is 2. The fourth-order valence-electron chi connectivity index (χ4n) is 1.54. The molecule has 0 radical (unpaired) electrons. The molecule has 112 valence electrons. The first kappa shape index (κ1) is 15.4. The second-order valence-electron chi connectivity index (χ2n) is 3.96. The summed E-state index contributed by atoms with van der Waals surface area (Å²) in [5, 5.41) is 7.80. The van der Waals surface area contributed by atoms with Crippen molar-refractivity contribution in [1.29, 1.82) is 0 Å². The van der Waals surface area contributed by atoms with Gasteiger partial charge in [0.05, 0.1) is 13.2 Å². The van der Waals surface area contributed by atoms with Crippen molar-refractivity contribution in [3.05, 3.63) is 35.7 Å². The molecule has 7 heteroatoms. The average Bonchev–Trinajstić information content (AvgIpc) is 2.96. The average molecular weight is 308 g/mol. The first-order chi connectivity index (χ1) is 10.2. The molecule has 0 bridgehead atoms. The van der Waals surface area contributed by atoms with Crippen molar-refractivity contribution in [2.24, 2.45) is 0 Å². The number of hydrogen-bond acceptors (Lipinski definition) is 7. The van der Waals surface area contributed by atoms with Gasteiger partial charge in [0.25, 0.3) is 5.22 Å². The fourth-order valence-corrected chi connectivity index (χ4v) is 2.26. The third kappa shape index (κ3) is 4.49. The van der Waals surface area contributed by atoms with Crippen LogP contribution in [0.15, 0.2) is 33.9 Å². The van der Waals surface area contributed by atoms with E-state index in [1.165, 1.54) is 11.8 Å². The molecule has 0 N–H and O–H groups in total. The Morgan fingerprint density at radius 1 is 1.19 bits per heavy atom. The molecule has 0 atom stereocenters. The van der Waals surface area contributed by atoms with Crippen LogP contribution in [-0.2, 0) is 10.5 Å². The highest BCUT2D eigenvalue weighted by molar-refractivity contribution is 7.98. The zero-order valence-corrected chi connectivity index (χ0v) is 12.7. The largest absolute Gasteiger partial charge is 0.494 e. The number of carbonyl (C=O) groups excluding carboxylic acids is 1. The molecular weight excluding hydrogens is 292 g/mol. The molecule has 0 saturated heterocycles. The van der Waals surface area contributed by atoms with E-state index in [4.69, 9.17) is 13.9 Å². The highest BCUT2D eigenvalue weighted by Crippen LogP contribution is 2.23. The molecule has 0 aliphatic heterocycles. The molecule has 1 aromatic carbocycles. The van der Waals surface area contributed by atoms with Crippen LogP contribution in [0.2, 0.25) is 0 Å². The Bertz CT molecular complexity index is 583. The van der Waals surface area contributed by atoms with Gasteiger partial charge in [0, 0.05) is 5.75 Å². The van der Waals surface area contributed by atoms with Crippen LogP contribution in [0.25, 0.3) is 0 Å². The van der Waals surface area contributed by atoms with E-state index >= 15 is 0 Å². The minimum absolute atomic E-state index is 0.119. The van der Waals surface area contributed by atoms with Crippen molar-refractivity contribution in [3.63, 3.8) is 0 Å². The number of hydrogen-bond donors (Lipinski definition) is 0. The van der Waals surface area contributed by atoms with Crippen LogP contribution >= 0.6 is 11.8 Å². The number of rotatable bonds is 7. The van der Waals surface area contributed by atoms with Crippen molar-refractivity contribution in [1.82, 2.24) is 10.2 Å². The number of nitrogens with zero attached hydrogens (tertiary/aromatic N) is 2. The van der Waals surface area contributed by atoms with Crippen molar-refractivity contribution in [2.45, 2.75) is 24.8 Å². The van der Waals surface area contributed by atoms with Crippen LogP contribution in [0.3, 0.4) is 0 Å². The van der Waals surface area contributed by atoms with Gasteiger partial charge in [-0.05, 0) is 31.5 Å². The van der Waals surface area contributed by atoms with Crippen molar-refractivity contribution < 1.29 is 18.7 Å². The number of benzene rings is 1. The van der Waals surface area contributed by atoms with E-state index < -0.39 is 5.97 Å². The quantitative estimate of drug-likeness (QED) is 0.575. The molecule has 0 aliphatic rings. The van der Waals surface area contributed by atoms with Crippen LogP contribution in [0.4, 0.5) is 0 Å². The van der Waals surface area contributed by atoms with E-state index in [0.29, 0.717) is 17.6 Å². The Morgan fingerprint density at radius 3 is 2.62 bits per heavy atom. The lowest BCUT2D eigenvalue weighted by atomic mass is 10.2. The van der Waals surface area contributed by atoms with Gasteiger partial charge < -0.3 is 13.9 Å². The van der Waals surface area contributed by atoms with Crippen LogP contribution in [0.5, 0.6) is 5.75 Å². The van der Waals surface area contributed by atoms with E-state index in [1.807, 2.05) is 31.2 Å². The summed E-state index contributed by atoms with van der Waals surface area (Å²) >= 11 is 1.36. The summed E-state index contributed by atoms with van der Waals surface area (Å²) in [5.74, 6) is 0.786. The first-order valence-corrected chi connectivity index (χ1v) is 7.56. The standard InChI is InChI=1S/C14H16N2O4S/c1-3-18-11-7-5-10(6-8-11)9-21-14-16-15-12(20-14)13(17)19-4-2/h5-8H,3-4,9H2,1-2H3. The Labute approximate surface area is 126 Å². The van der Waals surface area contributed by atoms with Crippen LogP contribution in [0.1, 0.15) is 30.1 Å². The summed E-state index contributed by atoms with van der Waals surface area (Å²) in [5.41, 5.74) is 1.10. The predicted octanol–water partition coefficient (Wildman–Crippen LogP) is 2.94. The number of thioether (sulfide) groups is 1. The minimum Gasteiger partial charge on any atom is -0.494 e. The minimum atomic E-state index is -0.599. The van der Waals surface area contributed by atoms with E-state index in [9.17, 15) is 4.79 Å². The van der Waals surface area contributed by atoms with Gasteiger partial charge in [-0.1, -0.05) is 29.0 Å². The summed E-state index contributed by atoms with van der Waals surface area (Å²) < 4.78 is 15.4. The maximum atomic E-state index is 11.4. The van der Waals surface area contributed by atoms with Crippen molar-refractivity contribution in [3.8, 4) is 5.75 Å². The number of ether oxygens (including phenoxy) is 2. The second-order valence-corrected chi connectivity index (χ2v) is 4.89. The lowest BCUT2D eigenvalue weighted by molar-refractivity contribution is 0.0475. The van der Waals surface area contributed by atoms with Gasteiger partial charge in [0.15, 0.2) is 0 Å². The van der Waals surface area contributed by atoms with Gasteiger partial charge in [0.1, 0.15) is 5.75 Å². The van der Waals surface area contributed by atoms with Gasteiger partial charge in [0.2, 0.25) is 0 Å². The first-order valence-electron chi connectivity index (χ1n) is 6.58. The summed E-state index contributed by atoms with van der Waals surface area (Å²) in [6, 6.07) is 7.77. The molecule has 1 heterocycles. The monoisotopic (exact) mass is 308 g/mol. The lowest BCUT2D eigenvalue weighted by Crippen LogP contribution is -2.04. The summed E-state index contributed by atoms with van der Waals surface area (Å²) in [7, 11) is 0. The Kier molecular flexibility index (Phi) is 5.62. The normalized spacial score (nSPS) is 10.4. The van der Waals surface area contributed by atoms with Crippen molar-refractivity contribution in [2.75, 3.05) is 13.2 Å². The Balaban J connectivity index is 1.89. The molecule has 0 aliphatic carbocycles. The molecule has 0 spiro atoms. The molecule has 6 nitrogen and oxygen atoms in total. The highest BCUT2D eigenvalue weighted by Gasteiger charge is 2.15. The molecule has 0 fully saturated rings. The lowest BCUT2D eigenvalue weighted by Gasteiger charge is -2.03. The topological polar surface area (TPSA) is 74.5 Å². The van der Waals surface area contributed by atoms with E-state index in [1.54, 1.807) is 6.92 Å².